The van der Waals surface area contributed by atoms with Crippen LogP contribution in [0.1, 0.15) is 19.8 Å². The lowest BCUT2D eigenvalue weighted by atomic mass is 10.0. The standard InChI is InChI=1S/C14H18ClN5O/c1-2-10(7-16)6-13(21)19-12-5-3-4-11(15)14(12)20-9-17-8-18-20/h3-5,8-10H,2,6-7,16H2,1H3,(H,19,21). The highest BCUT2D eigenvalue weighted by Gasteiger charge is 2.15. The predicted molar refractivity (Wildman–Crippen MR) is 82.5 cm³/mol. The van der Waals surface area contributed by atoms with Gasteiger partial charge in [0.15, 0.2) is 0 Å². The van der Waals surface area contributed by atoms with E-state index in [-0.39, 0.29) is 11.8 Å². The number of nitrogens with one attached hydrogen (secondary N) is 1. The van der Waals surface area contributed by atoms with Crippen molar-refractivity contribution in [1.29, 1.82) is 0 Å². The first-order valence-electron chi connectivity index (χ1n) is 6.79. The van der Waals surface area contributed by atoms with E-state index in [9.17, 15) is 4.79 Å². The van der Waals surface area contributed by atoms with Gasteiger partial charge >= 0.3 is 0 Å². The number of anilines is 1. The first-order valence-corrected chi connectivity index (χ1v) is 7.17. The Morgan fingerprint density at radius 1 is 1.52 bits per heavy atom. The molecule has 1 amide bonds. The largest absolute Gasteiger partial charge is 0.330 e. The monoisotopic (exact) mass is 307 g/mol. The molecule has 1 aromatic heterocycles. The van der Waals surface area contributed by atoms with Gasteiger partial charge in [0, 0.05) is 6.42 Å². The van der Waals surface area contributed by atoms with Crippen LogP contribution < -0.4 is 11.1 Å². The summed E-state index contributed by atoms with van der Waals surface area (Å²) in [6.07, 6.45) is 4.20. The molecular weight excluding hydrogens is 290 g/mol. The molecule has 1 heterocycles. The summed E-state index contributed by atoms with van der Waals surface area (Å²) in [4.78, 5) is 16.0. The van der Waals surface area contributed by atoms with Crippen molar-refractivity contribution in [3.63, 3.8) is 0 Å². The van der Waals surface area contributed by atoms with E-state index in [1.807, 2.05) is 6.92 Å². The lowest BCUT2D eigenvalue weighted by molar-refractivity contribution is -0.117. The van der Waals surface area contributed by atoms with Crippen LogP contribution in [0.2, 0.25) is 5.02 Å². The molecule has 1 aromatic carbocycles. The molecule has 1 atom stereocenters. The first kappa shape index (κ1) is 15.5. The highest BCUT2D eigenvalue weighted by Crippen LogP contribution is 2.28. The summed E-state index contributed by atoms with van der Waals surface area (Å²) >= 11 is 6.20. The number of rotatable bonds is 6. The van der Waals surface area contributed by atoms with Crippen molar-refractivity contribution in [3.05, 3.63) is 35.9 Å². The van der Waals surface area contributed by atoms with E-state index >= 15 is 0 Å². The summed E-state index contributed by atoms with van der Waals surface area (Å²) < 4.78 is 1.53. The summed E-state index contributed by atoms with van der Waals surface area (Å²) in [5.41, 5.74) is 6.84. The SMILES string of the molecule is CCC(CN)CC(=O)Nc1cccc(Cl)c1-n1cncn1. The minimum Gasteiger partial charge on any atom is -0.330 e. The minimum atomic E-state index is -0.0871. The van der Waals surface area contributed by atoms with Crippen LogP contribution in [0.3, 0.4) is 0 Å². The van der Waals surface area contributed by atoms with Gasteiger partial charge in [-0.25, -0.2) is 9.67 Å². The van der Waals surface area contributed by atoms with Crippen LogP contribution in [0.5, 0.6) is 0 Å². The van der Waals surface area contributed by atoms with E-state index in [4.69, 9.17) is 17.3 Å². The van der Waals surface area contributed by atoms with Gasteiger partial charge in [-0.2, -0.15) is 5.10 Å². The average molecular weight is 308 g/mol. The van der Waals surface area contributed by atoms with Crippen molar-refractivity contribution in [2.75, 3.05) is 11.9 Å². The number of nitrogens with two attached hydrogens (primary N) is 1. The summed E-state index contributed by atoms with van der Waals surface area (Å²) in [5, 5.41) is 7.42. The fraction of sp³-hybridized carbons (Fsp3) is 0.357. The molecule has 0 aliphatic carbocycles. The molecule has 0 radical (unpaired) electrons. The van der Waals surface area contributed by atoms with Gasteiger partial charge in [0.2, 0.25) is 5.91 Å². The van der Waals surface area contributed by atoms with Gasteiger partial charge in [-0.3, -0.25) is 4.79 Å². The van der Waals surface area contributed by atoms with Crippen LogP contribution in [0.25, 0.3) is 5.69 Å². The normalized spacial score (nSPS) is 12.1. The number of aromatic nitrogens is 3. The zero-order valence-corrected chi connectivity index (χ0v) is 12.5. The molecule has 0 fully saturated rings. The number of carbonyl (C=O) groups excluding carboxylic acids is 1. The second kappa shape index (κ2) is 7.19. The molecule has 2 aromatic rings. The van der Waals surface area contributed by atoms with Gasteiger partial charge in [-0.15, -0.1) is 0 Å². The Hall–Kier alpha value is -1.92. The highest BCUT2D eigenvalue weighted by molar-refractivity contribution is 6.33. The molecule has 2 rings (SSSR count). The summed E-state index contributed by atoms with van der Waals surface area (Å²) in [7, 11) is 0. The van der Waals surface area contributed by atoms with Gasteiger partial charge < -0.3 is 11.1 Å². The van der Waals surface area contributed by atoms with Crippen LogP contribution in [-0.2, 0) is 4.79 Å². The first-order chi connectivity index (χ1) is 10.2. The topological polar surface area (TPSA) is 85.8 Å². The van der Waals surface area contributed by atoms with Crippen molar-refractivity contribution < 1.29 is 4.79 Å². The molecule has 0 spiro atoms. The molecule has 21 heavy (non-hydrogen) atoms. The number of nitrogens with zero attached hydrogens (tertiary/aromatic N) is 3. The number of halogens is 1. The molecule has 0 aliphatic heterocycles. The third-order valence-corrected chi connectivity index (χ3v) is 3.60. The average Bonchev–Trinajstić information content (AvgIpc) is 2.98. The van der Waals surface area contributed by atoms with Gasteiger partial charge in [-0.05, 0) is 24.6 Å². The van der Waals surface area contributed by atoms with Gasteiger partial charge in [0.05, 0.1) is 10.7 Å². The third-order valence-electron chi connectivity index (χ3n) is 3.29. The number of hydrogen-bond acceptors (Lipinski definition) is 4. The molecule has 0 saturated heterocycles. The number of carbonyl (C=O) groups is 1. The van der Waals surface area contributed by atoms with Crippen LogP contribution in [0.15, 0.2) is 30.9 Å². The smallest absolute Gasteiger partial charge is 0.224 e. The Labute approximate surface area is 128 Å². The molecule has 6 nitrogen and oxygen atoms in total. The van der Waals surface area contributed by atoms with E-state index in [0.717, 1.165) is 6.42 Å². The number of benzene rings is 1. The summed E-state index contributed by atoms with van der Waals surface area (Å²) in [6.45, 7) is 2.51. The van der Waals surface area contributed by atoms with Gasteiger partial charge in [0.1, 0.15) is 18.3 Å². The van der Waals surface area contributed by atoms with E-state index < -0.39 is 0 Å². The fourth-order valence-electron chi connectivity index (χ4n) is 2.03. The fourth-order valence-corrected chi connectivity index (χ4v) is 2.29. The molecule has 0 saturated carbocycles. The maximum atomic E-state index is 12.1. The molecular formula is C14H18ClN5O. The Kier molecular flexibility index (Phi) is 5.30. The zero-order valence-electron chi connectivity index (χ0n) is 11.8. The summed E-state index contributed by atoms with van der Waals surface area (Å²) in [5.74, 6) is 0.0925. The quantitative estimate of drug-likeness (QED) is 0.857. The van der Waals surface area contributed by atoms with E-state index in [0.29, 0.717) is 29.4 Å². The van der Waals surface area contributed by atoms with Crippen molar-refractivity contribution >= 4 is 23.2 Å². The van der Waals surface area contributed by atoms with Crippen molar-refractivity contribution in [2.24, 2.45) is 11.7 Å². The zero-order chi connectivity index (χ0) is 15.2. The van der Waals surface area contributed by atoms with E-state index in [2.05, 4.69) is 15.4 Å². The molecule has 112 valence electrons. The molecule has 0 aliphatic rings. The third kappa shape index (κ3) is 3.80. The maximum absolute atomic E-state index is 12.1. The number of hydrogen-bond donors (Lipinski definition) is 2. The molecule has 3 N–H and O–H groups in total. The van der Waals surface area contributed by atoms with Gasteiger partial charge in [0.25, 0.3) is 0 Å². The highest BCUT2D eigenvalue weighted by atomic mass is 35.5. The van der Waals surface area contributed by atoms with Crippen LogP contribution in [0.4, 0.5) is 5.69 Å². The van der Waals surface area contributed by atoms with Crippen molar-refractivity contribution in [2.45, 2.75) is 19.8 Å². The Bertz CT molecular complexity index is 595. The number of amides is 1. The lowest BCUT2D eigenvalue weighted by Gasteiger charge is -2.15. The molecule has 1 unspecified atom stereocenters. The maximum Gasteiger partial charge on any atom is 0.224 e. The Morgan fingerprint density at radius 2 is 2.33 bits per heavy atom. The second-order valence-corrected chi connectivity index (χ2v) is 5.15. The van der Waals surface area contributed by atoms with Gasteiger partial charge in [-0.1, -0.05) is 31.0 Å². The lowest BCUT2D eigenvalue weighted by Crippen LogP contribution is -2.22. The molecule has 0 bridgehead atoms. The van der Waals surface area contributed by atoms with Crippen molar-refractivity contribution in [3.8, 4) is 5.69 Å². The van der Waals surface area contributed by atoms with E-state index in [1.54, 1.807) is 18.2 Å². The molecule has 7 heteroatoms. The van der Waals surface area contributed by atoms with Crippen LogP contribution in [-0.4, -0.2) is 27.2 Å². The second-order valence-electron chi connectivity index (χ2n) is 4.74. The minimum absolute atomic E-state index is 0.0871. The Balaban J connectivity index is 2.21. The van der Waals surface area contributed by atoms with Crippen molar-refractivity contribution in [1.82, 2.24) is 14.8 Å². The Morgan fingerprint density at radius 3 is 2.95 bits per heavy atom. The number of para-hydroxylation sites is 1. The van der Waals surface area contributed by atoms with Crippen LogP contribution >= 0.6 is 11.6 Å². The predicted octanol–water partition coefficient (Wildman–Crippen LogP) is 2.23. The van der Waals surface area contributed by atoms with Crippen LogP contribution in [0, 0.1) is 5.92 Å². The summed E-state index contributed by atoms with van der Waals surface area (Å²) in [6, 6.07) is 5.30. The van der Waals surface area contributed by atoms with E-state index in [1.165, 1.54) is 17.3 Å².